The number of nitrogens with zero attached hydrogens (tertiary/aromatic N) is 3. The summed E-state index contributed by atoms with van der Waals surface area (Å²) in [5.74, 6) is -3.40. The molecule has 4 aliphatic rings. The fourth-order valence-corrected chi connectivity index (χ4v) is 8.31. The summed E-state index contributed by atoms with van der Waals surface area (Å²) in [6, 6.07) is 11.8. The molecule has 0 radical (unpaired) electrons. The van der Waals surface area contributed by atoms with Crippen LogP contribution in [0.1, 0.15) is 58.9 Å². The molecule has 1 amide bonds. The molecule has 0 unspecified atom stereocenters. The van der Waals surface area contributed by atoms with Gasteiger partial charge in [0.2, 0.25) is 5.91 Å². The van der Waals surface area contributed by atoms with Crippen LogP contribution in [0.15, 0.2) is 48.5 Å². The Morgan fingerprint density at radius 1 is 1.15 bits per heavy atom. The summed E-state index contributed by atoms with van der Waals surface area (Å²) in [7, 11) is 0. The Kier molecular flexibility index (Phi) is 6.85. The minimum atomic E-state index is -5.08. The molecule has 3 aliphatic heterocycles. The first-order chi connectivity index (χ1) is 22.4. The van der Waals surface area contributed by atoms with Gasteiger partial charge in [0.05, 0.1) is 22.7 Å². The number of nitrogens with one attached hydrogen (secondary N) is 1. The summed E-state index contributed by atoms with van der Waals surface area (Å²) in [6.45, 7) is 2.25. The minimum absolute atomic E-state index is 0.0632. The number of aromatic nitrogens is 2. The van der Waals surface area contributed by atoms with E-state index in [4.69, 9.17) is 32.9 Å². The van der Waals surface area contributed by atoms with Crippen LogP contribution in [-0.2, 0) is 21.6 Å². The number of esters is 1. The Morgan fingerprint density at radius 3 is 2.66 bits per heavy atom. The molecule has 244 valence electrons. The number of ether oxygens (including phenoxy) is 2. The van der Waals surface area contributed by atoms with Crippen molar-refractivity contribution in [1.82, 2.24) is 14.5 Å². The number of imidazole rings is 1. The topological polar surface area (TPSA) is 85.7 Å². The predicted molar refractivity (Wildman–Crippen MR) is 164 cm³/mol. The molecule has 3 aromatic carbocycles. The van der Waals surface area contributed by atoms with Gasteiger partial charge >= 0.3 is 12.3 Å². The van der Waals surface area contributed by atoms with Gasteiger partial charge < -0.3 is 19.4 Å². The molecule has 1 saturated heterocycles. The van der Waals surface area contributed by atoms with Crippen molar-refractivity contribution in [2.75, 3.05) is 18.5 Å². The molecule has 1 N–H and O–H groups in total. The maximum absolute atomic E-state index is 16.2. The molecule has 4 aromatic rings. The quantitative estimate of drug-likeness (QED) is 0.168. The van der Waals surface area contributed by atoms with Crippen molar-refractivity contribution in [3.63, 3.8) is 0 Å². The third-order valence-electron chi connectivity index (χ3n) is 9.80. The Balaban J connectivity index is 1.38. The molecule has 14 heteroatoms. The van der Waals surface area contributed by atoms with Crippen molar-refractivity contribution in [1.29, 1.82) is 0 Å². The van der Waals surface area contributed by atoms with Crippen LogP contribution in [0, 0.1) is 11.7 Å². The number of fused-ring (bicyclic) bond motifs is 7. The highest BCUT2D eigenvalue weighted by molar-refractivity contribution is 6.31. The summed E-state index contributed by atoms with van der Waals surface area (Å²) < 4.78 is 67.8. The molecule has 1 spiro atoms. The van der Waals surface area contributed by atoms with E-state index in [0.29, 0.717) is 40.1 Å². The Hall–Kier alpha value is -3.87. The van der Waals surface area contributed by atoms with Gasteiger partial charge in [-0.2, -0.15) is 0 Å². The fraction of sp³-hybridized carbons (Fsp3) is 0.364. The van der Waals surface area contributed by atoms with Crippen LogP contribution in [0.4, 0.5) is 23.2 Å². The van der Waals surface area contributed by atoms with Gasteiger partial charge in [-0.05, 0) is 55.5 Å². The van der Waals surface area contributed by atoms with Crippen molar-refractivity contribution in [2.45, 2.75) is 56.1 Å². The third kappa shape index (κ3) is 4.55. The van der Waals surface area contributed by atoms with Crippen molar-refractivity contribution in [3.8, 4) is 5.75 Å². The average molecular weight is 689 g/mol. The number of anilines is 1. The molecule has 4 heterocycles. The zero-order valence-electron chi connectivity index (χ0n) is 24.7. The molecule has 8 rings (SSSR count). The maximum atomic E-state index is 16.2. The maximum Gasteiger partial charge on any atom is 0.573 e. The van der Waals surface area contributed by atoms with E-state index < -0.39 is 52.9 Å². The van der Waals surface area contributed by atoms with E-state index in [2.05, 4.69) is 15.0 Å². The second kappa shape index (κ2) is 10.6. The zero-order valence-corrected chi connectivity index (χ0v) is 26.2. The van der Waals surface area contributed by atoms with Crippen LogP contribution in [0.3, 0.4) is 0 Å². The highest BCUT2D eigenvalue weighted by Gasteiger charge is 2.70. The van der Waals surface area contributed by atoms with Crippen LogP contribution in [0.5, 0.6) is 5.75 Å². The van der Waals surface area contributed by atoms with Crippen LogP contribution in [0.25, 0.3) is 11.0 Å². The molecule has 0 bridgehead atoms. The summed E-state index contributed by atoms with van der Waals surface area (Å²) in [5, 5.41) is 3.33. The predicted octanol–water partition coefficient (Wildman–Crippen LogP) is 7.38. The molecule has 1 saturated carbocycles. The number of hydrogen-bond acceptors (Lipinski definition) is 6. The fourth-order valence-electron chi connectivity index (χ4n) is 7.95. The molecule has 2 fully saturated rings. The van der Waals surface area contributed by atoms with E-state index in [9.17, 15) is 22.8 Å². The van der Waals surface area contributed by atoms with E-state index in [0.717, 1.165) is 18.9 Å². The van der Waals surface area contributed by atoms with Crippen LogP contribution in [0.2, 0.25) is 10.0 Å². The highest BCUT2D eigenvalue weighted by atomic mass is 35.5. The standard InChI is InChI=1S/C33H26Cl2F4N4O4/c1-2-46-30(44)18-11-22-23(12-25(18)47-33(37,38)39)42-14-24-26(29(42)40-22)27(17-4-3-5-20(35)28(17)36)32(43(24)13-15-6-7-15)19-9-8-16(34)10-21(19)41-31(32)45/h3-5,8-12,15,24,26-27H,2,6-7,13-14H2,1H3,(H,41,45)/t24-,26+,27-,32+/m0/s1. The van der Waals surface area contributed by atoms with E-state index in [1.165, 1.54) is 19.1 Å². The Labute approximate surface area is 275 Å². The Morgan fingerprint density at radius 2 is 1.94 bits per heavy atom. The molecule has 1 aromatic heterocycles. The first-order valence-corrected chi connectivity index (χ1v) is 16.0. The monoisotopic (exact) mass is 688 g/mol. The van der Waals surface area contributed by atoms with Crippen LogP contribution in [-0.4, -0.2) is 51.9 Å². The van der Waals surface area contributed by atoms with Crippen molar-refractivity contribution in [3.05, 3.63) is 86.9 Å². The molecular formula is C33H26Cl2F4N4O4. The lowest BCUT2D eigenvalue weighted by molar-refractivity contribution is -0.274. The lowest BCUT2D eigenvalue weighted by atomic mass is 9.71. The van der Waals surface area contributed by atoms with E-state index in [-0.39, 0.29) is 35.2 Å². The number of halogens is 6. The largest absolute Gasteiger partial charge is 0.573 e. The number of rotatable bonds is 6. The normalized spacial score (nSPS) is 24.8. The summed E-state index contributed by atoms with van der Waals surface area (Å²) >= 11 is 12.7. The third-order valence-corrected chi connectivity index (χ3v) is 10.3. The van der Waals surface area contributed by atoms with Gasteiger partial charge in [-0.1, -0.05) is 41.4 Å². The molecule has 47 heavy (non-hydrogen) atoms. The molecule has 8 nitrogen and oxygen atoms in total. The number of likely N-dealkylation sites (tertiary alicyclic amines) is 1. The van der Waals surface area contributed by atoms with Gasteiger partial charge in [0.25, 0.3) is 0 Å². The lowest BCUT2D eigenvalue weighted by Crippen LogP contribution is -2.53. The van der Waals surface area contributed by atoms with Gasteiger partial charge in [-0.15, -0.1) is 13.2 Å². The molecule has 1 aliphatic carbocycles. The number of amides is 1. The van der Waals surface area contributed by atoms with Crippen molar-refractivity contribution >= 4 is 51.8 Å². The smallest absolute Gasteiger partial charge is 0.462 e. The summed E-state index contributed by atoms with van der Waals surface area (Å²) in [6.07, 6.45) is -3.14. The molecular weight excluding hydrogens is 663 g/mol. The van der Waals surface area contributed by atoms with Gasteiger partial charge in [0.1, 0.15) is 28.5 Å². The van der Waals surface area contributed by atoms with E-state index in [1.807, 2.05) is 0 Å². The first-order valence-electron chi connectivity index (χ1n) is 15.2. The lowest BCUT2D eigenvalue weighted by Gasteiger charge is -2.40. The van der Waals surface area contributed by atoms with Crippen molar-refractivity contribution < 1.29 is 36.6 Å². The number of benzene rings is 3. The highest BCUT2D eigenvalue weighted by Crippen LogP contribution is 2.65. The summed E-state index contributed by atoms with van der Waals surface area (Å²) in [4.78, 5) is 34.2. The van der Waals surface area contributed by atoms with Gasteiger partial charge in [-0.25, -0.2) is 14.2 Å². The summed E-state index contributed by atoms with van der Waals surface area (Å²) in [5.41, 5.74) is 0.137. The van der Waals surface area contributed by atoms with E-state index >= 15 is 4.39 Å². The minimum Gasteiger partial charge on any atom is -0.462 e. The van der Waals surface area contributed by atoms with E-state index in [1.54, 1.807) is 34.9 Å². The number of hydrogen-bond donors (Lipinski definition) is 1. The van der Waals surface area contributed by atoms with Crippen LogP contribution >= 0.6 is 23.2 Å². The zero-order chi connectivity index (χ0) is 33.0. The SMILES string of the molecule is CCOC(=O)c1cc2nc3n(c2cc1OC(F)(F)F)C[C@H]1[C@@H]3[C@H](c2cccc(Cl)c2F)[C@]2(C(=O)Nc3cc(Cl)ccc32)N1CC1CC1. The second-order valence-corrected chi connectivity index (χ2v) is 13.2. The first kappa shape index (κ1) is 30.5. The molecule has 4 atom stereocenters. The van der Waals surface area contributed by atoms with Gasteiger partial charge in [-0.3, -0.25) is 9.69 Å². The van der Waals surface area contributed by atoms with Crippen LogP contribution < -0.4 is 10.1 Å². The number of carbonyl (C=O) groups is 2. The number of alkyl halides is 3. The van der Waals surface area contributed by atoms with Gasteiger partial charge in [0, 0.05) is 53.3 Å². The van der Waals surface area contributed by atoms with Gasteiger partial charge in [0.15, 0.2) is 0 Å². The van der Waals surface area contributed by atoms with Crippen molar-refractivity contribution in [2.24, 2.45) is 5.92 Å². The second-order valence-electron chi connectivity index (χ2n) is 12.4. The Bertz CT molecular complexity index is 2000. The number of carbonyl (C=O) groups excluding carboxylic acids is 2. The average Bonchev–Trinajstić information content (AvgIpc) is 3.46.